The van der Waals surface area contributed by atoms with Gasteiger partial charge < -0.3 is 10.4 Å². The maximum absolute atomic E-state index is 12.0. The summed E-state index contributed by atoms with van der Waals surface area (Å²) in [6.07, 6.45) is -1.11. The molecule has 0 spiro atoms. The number of carboxylic acid groups (broad SMARTS) is 1. The predicted octanol–water partition coefficient (Wildman–Crippen LogP) is 3.15. The van der Waals surface area contributed by atoms with Crippen molar-refractivity contribution in [3.63, 3.8) is 0 Å². The van der Waals surface area contributed by atoms with Crippen LogP contribution in [-0.4, -0.2) is 36.1 Å². The molecule has 0 aromatic heterocycles. The molecular formula is C17H19F3N2O3. The van der Waals surface area contributed by atoms with Crippen LogP contribution in [-0.2, 0) is 4.79 Å². The molecule has 1 aromatic carbocycles. The predicted molar refractivity (Wildman–Crippen MR) is 84.0 cm³/mol. The minimum absolute atomic E-state index is 0.193. The highest BCUT2D eigenvalue weighted by molar-refractivity contribution is 5.96. The molecule has 2 rings (SSSR count). The molecule has 1 saturated heterocycles. The first-order chi connectivity index (χ1) is 11.7. The molecule has 136 valence electrons. The highest BCUT2D eigenvalue weighted by Gasteiger charge is 2.38. The van der Waals surface area contributed by atoms with Gasteiger partial charge in [-0.2, -0.15) is 18.4 Å². The van der Waals surface area contributed by atoms with Crippen LogP contribution < -0.4 is 5.32 Å². The van der Waals surface area contributed by atoms with E-state index in [1.54, 1.807) is 24.3 Å². The Hall–Kier alpha value is -2.40. The van der Waals surface area contributed by atoms with Gasteiger partial charge in [0, 0.05) is 12.0 Å². The van der Waals surface area contributed by atoms with E-state index in [1.165, 1.54) is 12.8 Å². The van der Waals surface area contributed by atoms with E-state index in [2.05, 4.69) is 11.4 Å². The van der Waals surface area contributed by atoms with E-state index in [0.29, 0.717) is 17.9 Å². The van der Waals surface area contributed by atoms with E-state index >= 15 is 0 Å². The van der Waals surface area contributed by atoms with Crippen LogP contribution in [0, 0.1) is 17.2 Å². The first kappa shape index (κ1) is 20.6. The van der Waals surface area contributed by atoms with Crippen molar-refractivity contribution in [2.24, 2.45) is 5.92 Å². The number of Topliss-reactive ketones (excluding diaryl/α,β-unsaturated/α-hetero) is 1. The smallest absolute Gasteiger partial charge is 0.475 e. The van der Waals surface area contributed by atoms with Gasteiger partial charge in [-0.3, -0.25) is 4.79 Å². The lowest BCUT2D eigenvalue weighted by Gasteiger charge is -2.22. The van der Waals surface area contributed by atoms with Gasteiger partial charge in [-0.05, 0) is 50.4 Å². The van der Waals surface area contributed by atoms with E-state index < -0.39 is 12.1 Å². The third-order valence-electron chi connectivity index (χ3n) is 3.82. The van der Waals surface area contributed by atoms with Crippen LogP contribution in [0.3, 0.4) is 0 Å². The summed E-state index contributed by atoms with van der Waals surface area (Å²) in [5.41, 5.74) is 1.33. The summed E-state index contributed by atoms with van der Waals surface area (Å²) in [5, 5.41) is 19.2. The number of carbonyl (C=O) groups excluding carboxylic acids is 1. The van der Waals surface area contributed by atoms with Crippen molar-refractivity contribution in [3.05, 3.63) is 35.4 Å². The molecule has 0 saturated carbocycles. The fourth-order valence-corrected chi connectivity index (χ4v) is 2.38. The molecule has 1 fully saturated rings. The van der Waals surface area contributed by atoms with Crippen molar-refractivity contribution in [1.29, 1.82) is 5.26 Å². The lowest BCUT2D eigenvalue weighted by molar-refractivity contribution is -0.192. The largest absolute Gasteiger partial charge is 0.490 e. The second-order valence-corrected chi connectivity index (χ2v) is 5.65. The molecule has 1 aliphatic heterocycles. The first-order valence-electron chi connectivity index (χ1n) is 7.78. The summed E-state index contributed by atoms with van der Waals surface area (Å²) in [6.45, 7) is 2.16. The zero-order valence-corrected chi connectivity index (χ0v) is 13.5. The molecule has 1 aromatic rings. The molecule has 8 heteroatoms. The number of alkyl halides is 3. The Kier molecular flexibility index (Phi) is 8.08. The summed E-state index contributed by atoms with van der Waals surface area (Å²) >= 11 is 0. The zero-order chi connectivity index (χ0) is 18.9. The number of hydrogen-bond acceptors (Lipinski definition) is 4. The molecule has 5 nitrogen and oxygen atoms in total. The minimum Gasteiger partial charge on any atom is -0.475 e. The van der Waals surface area contributed by atoms with Gasteiger partial charge in [-0.25, -0.2) is 4.79 Å². The Labute approximate surface area is 143 Å². The van der Waals surface area contributed by atoms with E-state index in [4.69, 9.17) is 15.2 Å². The Morgan fingerprint density at radius 2 is 1.72 bits per heavy atom. The number of carbonyl (C=O) groups is 2. The van der Waals surface area contributed by atoms with Crippen LogP contribution in [0.15, 0.2) is 24.3 Å². The van der Waals surface area contributed by atoms with Gasteiger partial charge in [0.25, 0.3) is 0 Å². The number of rotatable bonds is 4. The minimum atomic E-state index is -5.08. The quantitative estimate of drug-likeness (QED) is 0.809. The normalized spacial score (nSPS) is 14.8. The number of aliphatic carboxylic acids is 1. The fraction of sp³-hybridized carbons (Fsp3) is 0.471. The van der Waals surface area contributed by atoms with Crippen LogP contribution >= 0.6 is 0 Å². The molecule has 2 N–H and O–H groups in total. The third-order valence-corrected chi connectivity index (χ3v) is 3.82. The van der Waals surface area contributed by atoms with E-state index in [0.717, 1.165) is 25.1 Å². The van der Waals surface area contributed by atoms with Crippen LogP contribution in [0.25, 0.3) is 0 Å². The first-order valence-corrected chi connectivity index (χ1v) is 7.78. The van der Waals surface area contributed by atoms with Crippen LogP contribution in [0.5, 0.6) is 0 Å². The molecule has 0 atom stereocenters. The van der Waals surface area contributed by atoms with Crippen molar-refractivity contribution in [3.8, 4) is 6.07 Å². The van der Waals surface area contributed by atoms with Crippen molar-refractivity contribution in [2.75, 3.05) is 13.1 Å². The molecular weight excluding hydrogens is 337 g/mol. The number of nitrogens with one attached hydrogen (secondary N) is 1. The zero-order valence-electron chi connectivity index (χ0n) is 13.5. The van der Waals surface area contributed by atoms with Crippen molar-refractivity contribution in [2.45, 2.75) is 31.9 Å². The molecule has 1 aliphatic rings. The Morgan fingerprint density at radius 3 is 2.16 bits per heavy atom. The maximum Gasteiger partial charge on any atom is 0.490 e. The number of halogens is 3. The number of piperidine rings is 1. The number of ketones is 1. The number of benzene rings is 1. The topological polar surface area (TPSA) is 90.2 Å². The lowest BCUT2D eigenvalue weighted by atomic mass is 9.91. The second-order valence-electron chi connectivity index (χ2n) is 5.65. The van der Waals surface area contributed by atoms with Crippen molar-refractivity contribution >= 4 is 11.8 Å². The molecule has 0 aliphatic carbocycles. The number of carboxylic acids is 1. The number of hydrogen-bond donors (Lipinski definition) is 2. The van der Waals surface area contributed by atoms with Gasteiger partial charge >= 0.3 is 12.1 Å². The molecule has 25 heavy (non-hydrogen) atoms. The van der Waals surface area contributed by atoms with Gasteiger partial charge in [0.1, 0.15) is 0 Å². The summed E-state index contributed by atoms with van der Waals surface area (Å²) < 4.78 is 31.7. The molecule has 0 amide bonds. The van der Waals surface area contributed by atoms with Gasteiger partial charge in [0.15, 0.2) is 5.78 Å². The monoisotopic (exact) mass is 356 g/mol. The average Bonchev–Trinajstić information content (AvgIpc) is 2.60. The lowest BCUT2D eigenvalue weighted by Crippen LogP contribution is -2.27. The van der Waals surface area contributed by atoms with Gasteiger partial charge in [-0.1, -0.05) is 12.1 Å². The average molecular weight is 356 g/mol. The third kappa shape index (κ3) is 7.81. The summed E-state index contributed by atoms with van der Waals surface area (Å²) in [4.78, 5) is 20.9. The number of nitrogens with zero attached hydrogens (tertiary/aromatic N) is 1. The number of nitriles is 1. The van der Waals surface area contributed by atoms with Crippen LogP contribution in [0.4, 0.5) is 13.2 Å². The molecule has 0 bridgehead atoms. The highest BCUT2D eigenvalue weighted by Crippen LogP contribution is 2.19. The highest BCUT2D eigenvalue weighted by atomic mass is 19.4. The van der Waals surface area contributed by atoms with Crippen LogP contribution in [0.1, 0.15) is 41.6 Å². The van der Waals surface area contributed by atoms with Crippen molar-refractivity contribution in [1.82, 2.24) is 5.32 Å². The Bertz CT molecular complexity index is 616. The summed E-state index contributed by atoms with van der Waals surface area (Å²) in [6, 6.07) is 8.98. The summed E-state index contributed by atoms with van der Waals surface area (Å²) in [5.74, 6) is -1.88. The van der Waals surface area contributed by atoms with Crippen LogP contribution in [0.2, 0.25) is 0 Å². The summed E-state index contributed by atoms with van der Waals surface area (Å²) in [7, 11) is 0. The fourth-order valence-electron chi connectivity index (χ4n) is 2.38. The molecule has 0 radical (unpaired) electrons. The van der Waals surface area contributed by atoms with Gasteiger partial charge in [0.05, 0.1) is 11.6 Å². The SMILES string of the molecule is N#Cc1ccc(C(=O)CCC2CCNCC2)cc1.O=C(O)C(F)(F)F. The van der Waals surface area contributed by atoms with E-state index in [9.17, 15) is 18.0 Å². The van der Waals surface area contributed by atoms with Gasteiger partial charge in [0.2, 0.25) is 0 Å². The molecule has 0 unspecified atom stereocenters. The van der Waals surface area contributed by atoms with Crippen molar-refractivity contribution < 1.29 is 27.9 Å². The second kappa shape index (κ2) is 9.79. The maximum atomic E-state index is 12.0. The van der Waals surface area contributed by atoms with E-state index in [1.807, 2.05) is 0 Å². The van der Waals surface area contributed by atoms with E-state index in [-0.39, 0.29) is 5.78 Å². The van der Waals surface area contributed by atoms with Gasteiger partial charge in [-0.15, -0.1) is 0 Å². The Morgan fingerprint density at radius 1 is 1.20 bits per heavy atom. The standard InChI is InChI=1S/C15H18N2O.C2HF3O2/c16-11-13-1-4-14(5-2-13)15(18)6-3-12-7-9-17-10-8-12;3-2(4,5)1(6)7/h1-2,4-5,12,17H,3,6-10H2;(H,6,7). The molecule has 1 heterocycles. The Balaban J connectivity index is 0.000000381.